The Kier molecular flexibility index (Phi) is 3.52. The number of hydrogen-bond donors (Lipinski definition) is 0. The zero-order chi connectivity index (χ0) is 14.3. The van der Waals surface area contributed by atoms with Gasteiger partial charge in [0.1, 0.15) is 5.58 Å². The number of halogens is 2. The van der Waals surface area contributed by atoms with Crippen molar-refractivity contribution >= 4 is 48.6 Å². The fourth-order valence-corrected chi connectivity index (χ4v) is 2.99. The summed E-state index contributed by atoms with van der Waals surface area (Å²) in [6.45, 7) is 1.91. The van der Waals surface area contributed by atoms with Crippen LogP contribution in [-0.2, 0) is 0 Å². The molecule has 0 aliphatic carbocycles. The van der Waals surface area contributed by atoms with E-state index in [-0.39, 0.29) is 5.78 Å². The lowest BCUT2D eigenvalue weighted by Gasteiger charge is -2.01. The number of carbonyl (C=O) groups excluding carboxylic acids is 1. The number of fused-ring (bicyclic) bond motifs is 1. The number of rotatable bonds is 2. The van der Waals surface area contributed by atoms with Gasteiger partial charge in [-0.05, 0) is 37.3 Å². The molecule has 4 heteroatoms. The van der Waals surface area contributed by atoms with E-state index in [1.54, 1.807) is 6.07 Å². The summed E-state index contributed by atoms with van der Waals surface area (Å²) in [6.07, 6.45) is 0. The molecule has 0 saturated heterocycles. The first-order valence-electron chi connectivity index (χ1n) is 6.06. The molecule has 100 valence electrons. The third-order valence-electron chi connectivity index (χ3n) is 3.22. The van der Waals surface area contributed by atoms with Gasteiger partial charge in [-0.25, -0.2) is 0 Å². The van der Waals surface area contributed by atoms with Crippen LogP contribution in [0.1, 0.15) is 21.7 Å². The Hall–Kier alpha value is -1.39. The van der Waals surface area contributed by atoms with Gasteiger partial charge >= 0.3 is 0 Å². The van der Waals surface area contributed by atoms with E-state index in [0.29, 0.717) is 16.9 Å². The maximum Gasteiger partial charge on any atom is 0.229 e. The highest BCUT2D eigenvalue weighted by molar-refractivity contribution is 9.10. The smallest absolute Gasteiger partial charge is 0.229 e. The van der Waals surface area contributed by atoms with Crippen LogP contribution in [-0.4, -0.2) is 5.78 Å². The molecule has 0 aliphatic heterocycles. The Balaban J connectivity index is 2.18. The van der Waals surface area contributed by atoms with Crippen molar-refractivity contribution in [2.45, 2.75) is 6.92 Å². The van der Waals surface area contributed by atoms with Crippen molar-refractivity contribution in [2.75, 3.05) is 0 Å². The summed E-state index contributed by atoms with van der Waals surface area (Å²) in [5, 5.41) is 0.962. The molecule has 0 bridgehead atoms. The Morgan fingerprint density at radius 2 is 1.85 bits per heavy atom. The predicted octanol–water partition coefficient (Wildman–Crippen LogP) is 5.50. The summed E-state index contributed by atoms with van der Waals surface area (Å²) in [5.41, 5.74) is 2.19. The summed E-state index contributed by atoms with van der Waals surface area (Å²) in [6, 6.07) is 13.1. The van der Waals surface area contributed by atoms with Gasteiger partial charge in [0, 0.05) is 25.5 Å². The average molecular weight is 394 g/mol. The topological polar surface area (TPSA) is 30.2 Å². The van der Waals surface area contributed by atoms with Crippen LogP contribution in [0.3, 0.4) is 0 Å². The van der Waals surface area contributed by atoms with Crippen molar-refractivity contribution in [1.82, 2.24) is 0 Å². The largest absolute Gasteiger partial charge is 0.452 e. The molecular formula is C16H10Br2O2. The van der Waals surface area contributed by atoms with Crippen LogP contribution in [0.25, 0.3) is 11.0 Å². The van der Waals surface area contributed by atoms with Gasteiger partial charge in [0.25, 0.3) is 0 Å². The van der Waals surface area contributed by atoms with Gasteiger partial charge in [-0.15, -0.1) is 0 Å². The molecule has 0 unspecified atom stereocenters. The molecule has 20 heavy (non-hydrogen) atoms. The van der Waals surface area contributed by atoms with E-state index >= 15 is 0 Å². The highest BCUT2D eigenvalue weighted by Crippen LogP contribution is 2.30. The third kappa shape index (κ3) is 2.23. The molecular weight excluding hydrogens is 384 g/mol. The van der Waals surface area contributed by atoms with E-state index in [4.69, 9.17) is 4.42 Å². The summed E-state index contributed by atoms with van der Waals surface area (Å²) in [7, 11) is 0. The minimum atomic E-state index is -0.109. The highest BCUT2D eigenvalue weighted by Gasteiger charge is 2.20. The number of aryl methyl sites for hydroxylation is 1. The number of hydrogen-bond acceptors (Lipinski definition) is 2. The van der Waals surface area contributed by atoms with E-state index in [1.165, 1.54) is 0 Å². The van der Waals surface area contributed by atoms with Gasteiger partial charge in [-0.3, -0.25) is 4.79 Å². The monoisotopic (exact) mass is 392 g/mol. The fourth-order valence-electron chi connectivity index (χ4n) is 2.18. The van der Waals surface area contributed by atoms with E-state index < -0.39 is 0 Å². The van der Waals surface area contributed by atoms with Crippen LogP contribution < -0.4 is 0 Å². The van der Waals surface area contributed by atoms with Crippen LogP contribution in [0.4, 0.5) is 0 Å². The van der Waals surface area contributed by atoms with Gasteiger partial charge in [0.2, 0.25) is 5.78 Å². The standard InChI is InChI=1S/C16H10Br2O2/c1-9-11-7-6-10(17)8-14(11)20-16(9)15(19)12-4-2-3-5-13(12)18/h2-8H,1H3. The lowest BCUT2D eigenvalue weighted by molar-refractivity contribution is 0.101. The van der Waals surface area contributed by atoms with Gasteiger partial charge < -0.3 is 4.42 Å². The third-order valence-corrected chi connectivity index (χ3v) is 4.41. The van der Waals surface area contributed by atoms with Crippen molar-refractivity contribution in [3.63, 3.8) is 0 Å². The van der Waals surface area contributed by atoms with Gasteiger partial charge in [0.05, 0.1) is 0 Å². The molecule has 1 aromatic heterocycles. The Labute approximate surface area is 133 Å². The lowest BCUT2D eigenvalue weighted by atomic mass is 10.1. The van der Waals surface area contributed by atoms with E-state index in [0.717, 1.165) is 19.9 Å². The first kappa shape index (κ1) is 13.6. The minimum absolute atomic E-state index is 0.109. The molecule has 0 radical (unpaired) electrons. The summed E-state index contributed by atoms with van der Waals surface area (Å²) in [4.78, 5) is 12.6. The zero-order valence-corrected chi connectivity index (χ0v) is 13.8. The molecule has 0 amide bonds. The molecule has 0 spiro atoms. The van der Waals surface area contributed by atoms with Crippen molar-refractivity contribution in [1.29, 1.82) is 0 Å². The molecule has 3 rings (SSSR count). The molecule has 0 fully saturated rings. The maximum absolute atomic E-state index is 12.6. The zero-order valence-electron chi connectivity index (χ0n) is 10.6. The second-order valence-corrected chi connectivity index (χ2v) is 6.28. The number of benzene rings is 2. The van der Waals surface area contributed by atoms with Crippen molar-refractivity contribution in [3.05, 3.63) is 68.3 Å². The lowest BCUT2D eigenvalue weighted by Crippen LogP contribution is -2.02. The SMILES string of the molecule is Cc1c(C(=O)c2ccccc2Br)oc2cc(Br)ccc12. The van der Waals surface area contributed by atoms with Crippen LogP contribution in [0, 0.1) is 6.92 Å². The molecule has 0 aliphatic rings. The first-order valence-corrected chi connectivity index (χ1v) is 7.64. The first-order chi connectivity index (χ1) is 9.58. The minimum Gasteiger partial charge on any atom is -0.452 e. The van der Waals surface area contributed by atoms with E-state index in [9.17, 15) is 4.79 Å². The summed E-state index contributed by atoms with van der Waals surface area (Å²) >= 11 is 6.81. The Morgan fingerprint density at radius 1 is 1.10 bits per heavy atom. The van der Waals surface area contributed by atoms with E-state index in [1.807, 2.05) is 43.3 Å². The summed E-state index contributed by atoms with van der Waals surface area (Å²) in [5.74, 6) is 0.285. The number of carbonyl (C=O) groups is 1. The number of furan rings is 1. The number of ketones is 1. The van der Waals surface area contributed by atoms with Crippen molar-refractivity contribution in [2.24, 2.45) is 0 Å². The predicted molar refractivity (Wildman–Crippen MR) is 86.2 cm³/mol. The molecule has 0 saturated carbocycles. The van der Waals surface area contributed by atoms with Crippen LogP contribution in [0.5, 0.6) is 0 Å². The molecule has 2 nitrogen and oxygen atoms in total. The summed E-state index contributed by atoms with van der Waals surface area (Å²) < 4.78 is 7.45. The van der Waals surface area contributed by atoms with Crippen LogP contribution in [0.2, 0.25) is 0 Å². The van der Waals surface area contributed by atoms with Gasteiger partial charge in [-0.2, -0.15) is 0 Å². The van der Waals surface area contributed by atoms with Crippen LogP contribution in [0.15, 0.2) is 55.8 Å². The van der Waals surface area contributed by atoms with Crippen LogP contribution >= 0.6 is 31.9 Å². The maximum atomic E-state index is 12.6. The van der Waals surface area contributed by atoms with Crippen molar-refractivity contribution in [3.8, 4) is 0 Å². The molecule has 2 aromatic carbocycles. The average Bonchev–Trinajstić information content (AvgIpc) is 2.75. The quantitative estimate of drug-likeness (QED) is 0.538. The normalized spacial score (nSPS) is 10.9. The molecule has 3 aromatic rings. The highest BCUT2D eigenvalue weighted by atomic mass is 79.9. The van der Waals surface area contributed by atoms with Crippen molar-refractivity contribution < 1.29 is 9.21 Å². The fraction of sp³-hybridized carbons (Fsp3) is 0.0625. The molecule has 0 atom stereocenters. The second-order valence-electron chi connectivity index (χ2n) is 4.51. The molecule has 1 heterocycles. The Morgan fingerprint density at radius 3 is 2.60 bits per heavy atom. The van der Waals surface area contributed by atoms with Gasteiger partial charge in [0.15, 0.2) is 5.76 Å². The Bertz CT molecular complexity index is 818. The van der Waals surface area contributed by atoms with E-state index in [2.05, 4.69) is 31.9 Å². The van der Waals surface area contributed by atoms with Gasteiger partial charge in [-0.1, -0.05) is 44.0 Å². The second kappa shape index (κ2) is 5.19. The molecule has 0 N–H and O–H groups in total.